The zero-order chi connectivity index (χ0) is 17.2. The van der Waals surface area contributed by atoms with E-state index in [1.807, 2.05) is 17.5 Å². The lowest BCUT2D eigenvalue weighted by atomic mass is 10.0. The minimum Gasteiger partial charge on any atom is -0.508 e. The Bertz CT molecular complexity index is 681. The molecule has 0 aliphatic carbocycles. The van der Waals surface area contributed by atoms with Gasteiger partial charge in [-0.05, 0) is 29.6 Å². The van der Waals surface area contributed by atoms with Gasteiger partial charge in [0, 0.05) is 36.6 Å². The zero-order valence-electron chi connectivity index (χ0n) is 13.5. The molecule has 2 aromatic rings. The number of halogens is 5. The van der Waals surface area contributed by atoms with Crippen LogP contribution >= 0.6 is 36.2 Å². The Morgan fingerprint density at radius 1 is 1.15 bits per heavy atom. The van der Waals surface area contributed by atoms with Gasteiger partial charge in [-0.15, -0.1) is 49.3 Å². The second kappa shape index (κ2) is 9.66. The van der Waals surface area contributed by atoms with Gasteiger partial charge in [0.15, 0.2) is 0 Å². The van der Waals surface area contributed by atoms with Crippen LogP contribution < -0.4 is 10.1 Å². The van der Waals surface area contributed by atoms with Gasteiger partial charge in [0.05, 0.1) is 6.04 Å². The van der Waals surface area contributed by atoms with Gasteiger partial charge in [0.1, 0.15) is 11.5 Å². The fourth-order valence-corrected chi connectivity index (χ4v) is 3.74. The van der Waals surface area contributed by atoms with Crippen LogP contribution in [0.2, 0.25) is 0 Å². The maximum atomic E-state index is 12.5. The smallest absolute Gasteiger partial charge is 0.508 e. The van der Waals surface area contributed by atoms with E-state index in [1.165, 1.54) is 23.5 Å². The van der Waals surface area contributed by atoms with Crippen LogP contribution in [0.1, 0.15) is 16.5 Å². The molecule has 2 N–H and O–H groups in total. The summed E-state index contributed by atoms with van der Waals surface area (Å²) < 4.78 is 41.5. The fourth-order valence-electron chi connectivity index (χ4n) is 2.87. The molecule has 1 atom stereocenters. The summed E-state index contributed by atoms with van der Waals surface area (Å²) in [7, 11) is 0. The van der Waals surface area contributed by atoms with Gasteiger partial charge in [-0.3, -0.25) is 4.90 Å². The number of rotatable bonds is 4. The lowest BCUT2D eigenvalue weighted by Crippen LogP contribution is -2.45. The summed E-state index contributed by atoms with van der Waals surface area (Å²) in [6.07, 6.45) is -4.76. The Kier molecular flexibility index (Phi) is 8.49. The van der Waals surface area contributed by atoms with Gasteiger partial charge in [0.25, 0.3) is 0 Å². The van der Waals surface area contributed by atoms with Crippen molar-refractivity contribution < 1.29 is 23.0 Å². The summed E-state index contributed by atoms with van der Waals surface area (Å²) >= 11 is 1.51. The first-order chi connectivity index (χ1) is 11.4. The van der Waals surface area contributed by atoms with E-state index < -0.39 is 6.36 Å². The third-order valence-electron chi connectivity index (χ3n) is 3.86. The SMILES string of the molecule is Cl.Cl.Oc1ccc(OC(F)(F)F)cc1[C@H](c1cccs1)N1CCNCC1. The van der Waals surface area contributed by atoms with Gasteiger partial charge in [-0.25, -0.2) is 0 Å². The lowest BCUT2D eigenvalue weighted by molar-refractivity contribution is -0.274. The molecular formula is C16H19Cl2F3N2O2S. The molecule has 1 saturated heterocycles. The van der Waals surface area contributed by atoms with E-state index in [9.17, 15) is 18.3 Å². The molecular weight excluding hydrogens is 412 g/mol. The molecule has 4 nitrogen and oxygen atoms in total. The van der Waals surface area contributed by atoms with Crippen LogP contribution in [0.3, 0.4) is 0 Å². The van der Waals surface area contributed by atoms with Gasteiger partial charge in [-0.2, -0.15) is 0 Å². The number of thiophene rings is 1. The molecule has 1 aromatic carbocycles. The third kappa shape index (κ3) is 5.65. The van der Waals surface area contributed by atoms with Gasteiger partial charge in [-0.1, -0.05) is 6.07 Å². The predicted octanol–water partition coefficient (Wildman–Crippen LogP) is 4.19. The third-order valence-corrected chi connectivity index (χ3v) is 4.78. The Morgan fingerprint density at radius 2 is 1.85 bits per heavy atom. The summed E-state index contributed by atoms with van der Waals surface area (Å²) in [5.74, 6) is -0.367. The van der Waals surface area contributed by atoms with Crippen LogP contribution in [-0.2, 0) is 0 Å². The molecule has 0 amide bonds. The minimum atomic E-state index is -4.76. The maximum absolute atomic E-state index is 12.5. The number of hydrogen-bond acceptors (Lipinski definition) is 5. The van der Waals surface area contributed by atoms with Crippen molar-refractivity contribution >= 4 is 36.2 Å². The highest BCUT2D eigenvalue weighted by atomic mass is 35.5. The molecule has 10 heteroatoms. The van der Waals surface area contributed by atoms with E-state index in [4.69, 9.17) is 0 Å². The Hall–Kier alpha value is -1.19. The van der Waals surface area contributed by atoms with Crippen LogP contribution in [0, 0.1) is 0 Å². The molecule has 2 heterocycles. The number of aromatic hydroxyl groups is 1. The first-order valence-corrected chi connectivity index (χ1v) is 8.39. The van der Waals surface area contributed by atoms with E-state index in [0.717, 1.165) is 37.1 Å². The van der Waals surface area contributed by atoms with E-state index in [1.54, 1.807) is 0 Å². The van der Waals surface area contributed by atoms with Crippen molar-refractivity contribution in [2.45, 2.75) is 12.4 Å². The van der Waals surface area contributed by atoms with Crippen molar-refractivity contribution in [1.29, 1.82) is 0 Å². The molecule has 1 aliphatic rings. The fraction of sp³-hybridized carbons (Fsp3) is 0.375. The summed E-state index contributed by atoms with van der Waals surface area (Å²) in [5.41, 5.74) is 0.418. The molecule has 0 radical (unpaired) electrons. The van der Waals surface area contributed by atoms with Crippen molar-refractivity contribution in [2.75, 3.05) is 26.2 Å². The molecule has 1 fully saturated rings. The highest BCUT2D eigenvalue weighted by molar-refractivity contribution is 7.10. The summed E-state index contributed by atoms with van der Waals surface area (Å²) in [5, 5.41) is 15.4. The van der Waals surface area contributed by atoms with E-state index >= 15 is 0 Å². The monoisotopic (exact) mass is 430 g/mol. The molecule has 0 bridgehead atoms. The van der Waals surface area contributed by atoms with Crippen molar-refractivity contribution in [3.63, 3.8) is 0 Å². The van der Waals surface area contributed by atoms with Gasteiger partial charge in [0.2, 0.25) is 0 Å². The summed E-state index contributed by atoms with van der Waals surface area (Å²) in [4.78, 5) is 3.12. The largest absolute Gasteiger partial charge is 0.573 e. The van der Waals surface area contributed by atoms with Crippen LogP contribution in [0.5, 0.6) is 11.5 Å². The molecule has 3 rings (SSSR count). The number of nitrogens with one attached hydrogen (secondary N) is 1. The molecule has 0 saturated carbocycles. The Morgan fingerprint density at radius 3 is 2.42 bits per heavy atom. The quantitative estimate of drug-likeness (QED) is 0.762. The van der Waals surface area contributed by atoms with Crippen LogP contribution in [0.25, 0.3) is 0 Å². The molecule has 1 aliphatic heterocycles. The number of phenols is 1. The molecule has 26 heavy (non-hydrogen) atoms. The van der Waals surface area contributed by atoms with Crippen molar-refractivity contribution in [3.05, 3.63) is 46.2 Å². The first kappa shape index (κ1) is 22.9. The average molecular weight is 431 g/mol. The van der Waals surface area contributed by atoms with Crippen molar-refractivity contribution in [2.24, 2.45) is 0 Å². The number of benzene rings is 1. The number of piperazine rings is 1. The molecule has 0 spiro atoms. The second-order valence-electron chi connectivity index (χ2n) is 5.47. The maximum Gasteiger partial charge on any atom is 0.573 e. The van der Waals surface area contributed by atoms with E-state index in [-0.39, 0.29) is 42.4 Å². The topological polar surface area (TPSA) is 44.7 Å². The number of phenolic OH excluding ortho intramolecular Hbond substituents is 1. The van der Waals surface area contributed by atoms with Crippen molar-refractivity contribution in [1.82, 2.24) is 10.2 Å². The highest BCUT2D eigenvalue weighted by Gasteiger charge is 2.32. The average Bonchev–Trinajstić information content (AvgIpc) is 3.04. The molecule has 1 aromatic heterocycles. The van der Waals surface area contributed by atoms with Gasteiger partial charge >= 0.3 is 6.36 Å². The Balaban J connectivity index is 0.00000169. The normalized spacial score (nSPS) is 16.3. The van der Waals surface area contributed by atoms with Crippen LogP contribution in [0.15, 0.2) is 35.7 Å². The number of nitrogens with zero attached hydrogens (tertiary/aromatic N) is 1. The summed E-state index contributed by atoms with van der Waals surface area (Å²) in [6, 6.07) is 7.16. The zero-order valence-corrected chi connectivity index (χ0v) is 16.0. The van der Waals surface area contributed by atoms with Gasteiger partial charge < -0.3 is 15.2 Å². The van der Waals surface area contributed by atoms with E-state index in [0.29, 0.717) is 5.56 Å². The minimum absolute atomic E-state index is 0. The van der Waals surface area contributed by atoms with E-state index in [2.05, 4.69) is 15.0 Å². The number of ether oxygens (including phenoxy) is 1. The predicted molar refractivity (Wildman–Crippen MR) is 99.9 cm³/mol. The lowest BCUT2D eigenvalue weighted by Gasteiger charge is -2.35. The molecule has 0 unspecified atom stereocenters. The highest BCUT2D eigenvalue weighted by Crippen LogP contribution is 2.39. The second-order valence-corrected chi connectivity index (χ2v) is 6.45. The van der Waals surface area contributed by atoms with Crippen LogP contribution in [-0.4, -0.2) is 42.5 Å². The van der Waals surface area contributed by atoms with Crippen LogP contribution in [0.4, 0.5) is 13.2 Å². The standard InChI is InChI=1S/C16H17F3N2O2S.2ClH/c17-16(18,19)23-11-3-4-13(22)12(10-11)15(14-2-1-9-24-14)21-7-5-20-6-8-21;;/h1-4,9-10,15,20,22H,5-8H2;2*1H/t15-;;/m1../s1. The first-order valence-electron chi connectivity index (χ1n) is 7.51. The van der Waals surface area contributed by atoms with Crippen molar-refractivity contribution in [3.8, 4) is 11.5 Å². The summed E-state index contributed by atoms with van der Waals surface area (Å²) in [6.45, 7) is 3.07. The number of hydrogen-bond donors (Lipinski definition) is 2. The molecule has 146 valence electrons. The number of alkyl halides is 3. The Labute approximate surface area is 165 Å².